The van der Waals surface area contributed by atoms with Crippen LogP contribution in [0.2, 0.25) is 0 Å². The third kappa shape index (κ3) is 6.67. The molecule has 0 aromatic heterocycles. The highest BCUT2D eigenvalue weighted by atomic mass is 32.2. The number of benzene rings is 1. The Balaban J connectivity index is 1.94. The highest BCUT2D eigenvalue weighted by molar-refractivity contribution is 7.92. The lowest BCUT2D eigenvalue weighted by molar-refractivity contribution is -0.908. The van der Waals surface area contributed by atoms with Crippen LogP contribution in [0.5, 0.6) is 5.75 Å². The maximum absolute atomic E-state index is 12.3. The van der Waals surface area contributed by atoms with Crippen LogP contribution in [0.4, 0.5) is 5.69 Å². The van der Waals surface area contributed by atoms with Crippen LogP contribution in [-0.2, 0) is 19.6 Å². The van der Waals surface area contributed by atoms with Crippen LogP contribution in [0.3, 0.4) is 0 Å². The number of methoxy groups -OCH3 is 1. The molecule has 0 spiro atoms. The normalized spacial score (nSPS) is 15.4. The first-order chi connectivity index (χ1) is 12.8. The van der Waals surface area contributed by atoms with Gasteiger partial charge in [0.25, 0.3) is 0 Å². The van der Waals surface area contributed by atoms with E-state index in [0.29, 0.717) is 18.0 Å². The van der Waals surface area contributed by atoms with E-state index in [1.54, 1.807) is 12.1 Å². The molecule has 2 N–H and O–H groups in total. The average Bonchev–Trinajstić information content (AvgIpc) is 2.63. The van der Waals surface area contributed by atoms with Crippen molar-refractivity contribution in [2.45, 2.75) is 13.3 Å². The minimum absolute atomic E-state index is 0.275. The molecule has 9 heteroatoms. The largest absolute Gasteiger partial charge is 0.495 e. The van der Waals surface area contributed by atoms with Crippen LogP contribution >= 0.6 is 0 Å². The summed E-state index contributed by atoms with van der Waals surface area (Å²) in [5, 5.41) is 2.82. The Morgan fingerprint density at radius 1 is 1.33 bits per heavy atom. The van der Waals surface area contributed by atoms with Crippen LogP contribution in [0.15, 0.2) is 18.2 Å². The summed E-state index contributed by atoms with van der Waals surface area (Å²) in [6.07, 6.45) is 1.93. The third-order valence-corrected chi connectivity index (χ3v) is 5.65. The molecule has 1 fully saturated rings. The van der Waals surface area contributed by atoms with Crippen LogP contribution in [-0.4, -0.2) is 73.6 Å². The zero-order valence-electron chi connectivity index (χ0n) is 16.3. The van der Waals surface area contributed by atoms with Crippen molar-refractivity contribution >= 4 is 21.6 Å². The molecule has 152 valence electrons. The first-order valence-electron chi connectivity index (χ1n) is 9.11. The van der Waals surface area contributed by atoms with Gasteiger partial charge in [0.15, 0.2) is 0 Å². The number of carbonyl (C=O) groups excluding carboxylic acids is 1. The Morgan fingerprint density at radius 2 is 2.04 bits per heavy atom. The van der Waals surface area contributed by atoms with Gasteiger partial charge in [0.05, 0.1) is 38.8 Å². The van der Waals surface area contributed by atoms with Crippen LogP contribution in [0, 0.1) is 6.92 Å². The number of rotatable bonds is 9. The molecule has 27 heavy (non-hydrogen) atoms. The lowest BCUT2D eigenvalue weighted by Gasteiger charge is -2.25. The van der Waals surface area contributed by atoms with E-state index < -0.39 is 10.0 Å². The number of ether oxygens (including phenoxy) is 2. The van der Waals surface area contributed by atoms with Crippen LogP contribution < -0.4 is 19.3 Å². The van der Waals surface area contributed by atoms with Crippen molar-refractivity contribution in [1.82, 2.24) is 5.32 Å². The van der Waals surface area contributed by atoms with E-state index in [4.69, 9.17) is 9.47 Å². The smallest absolute Gasteiger partial charge is 0.240 e. The van der Waals surface area contributed by atoms with Crippen LogP contribution in [0.1, 0.15) is 12.0 Å². The number of carbonyl (C=O) groups is 1. The van der Waals surface area contributed by atoms with Crippen molar-refractivity contribution in [2.75, 3.05) is 63.6 Å². The zero-order valence-corrected chi connectivity index (χ0v) is 17.1. The Labute approximate surface area is 161 Å². The van der Waals surface area contributed by atoms with E-state index in [0.717, 1.165) is 55.4 Å². The van der Waals surface area contributed by atoms with Gasteiger partial charge < -0.3 is 19.7 Å². The van der Waals surface area contributed by atoms with E-state index >= 15 is 0 Å². The van der Waals surface area contributed by atoms with Gasteiger partial charge in [-0.1, -0.05) is 6.07 Å². The standard InChI is InChI=1S/C18H29N3O5S/c1-15-5-6-17(25-2)16(13-15)21(27(3,23)24)14-18(22)19-7-4-8-20-9-11-26-12-10-20/h5-6,13H,4,7-12,14H2,1-3H3,(H,19,22)/p+1. The van der Waals surface area contributed by atoms with E-state index in [2.05, 4.69) is 5.32 Å². The minimum Gasteiger partial charge on any atom is -0.495 e. The summed E-state index contributed by atoms with van der Waals surface area (Å²) in [6, 6.07) is 5.23. The molecule has 0 bridgehead atoms. The number of quaternary nitrogens is 1. The summed E-state index contributed by atoms with van der Waals surface area (Å²) >= 11 is 0. The summed E-state index contributed by atoms with van der Waals surface area (Å²) in [6.45, 7) is 6.61. The summed E-state index contributed by atoms with van der Waals surface area (Å²) in [4.78, 5) is 13.8. The molecule has 1 heterocycles. The number of hydrogen-bond donors (Lipinski definition) is 2. The SMILES string of the molecule is COc1ccc(C)cc1N(CC(=O)NCCC[NH+]1CCOCC1)S(C)(=O)=O. The predicted molar refractivity (Wildman–Crippen MR) is 104 cm³/mol. The van der Waals surface area contributed by atoms with Gasteiger partial charge in [-0.15, -0.1) is 0 Å². The second kappa shape index (κ2) is 9.91. The van der Waals surface area contributed by atoms with Crippen molar-refractivity contribution in [1.29, 1.82) is 0 Å². The van der Waals surface area contributed by atoms with Crippen molar-refractivity contribution in [2.24, 2.45) is 0 Å². The lowest BCUT2D eigenvalue weighted by Crippen LogP contribution is -3.14. The Kier molecular flexibility index (Phi) is 7.88. The number of anilines is 1. The summed E-state index contributed by atoms with van der Waals surface area (Å²) in [5.41, 5.74) is 1.25. The molecule has 1 aliphatic heterocycles. The van der Waals surface area contributed by atoms with E-state index in [1.165, 1.54) is 12.0 Å². The first-order valence-corrected chi connectivity index (χ1v) is 11.0. The van der Waals surface area contributed by atoms with E-state index in [1.807, 2.05) is 13.0 Å². The molecule has 1 aliphatic rings. The molecule has 1 aromatic carbocycles. The van der Waals surface area contributed by atoms with Gasteiger partial charge in [-0.05, 0) is 24.6 Å². The second-order valence-corrected chi connectivity index (χ2v) is 8.67. The number of amides is 1. The number of hydrogen-bond acceptors (Lipinski definition) is 5. The van der Waals surface area contributed by atoms with Gasteiger partial charge in [-0.2, -0.15) is 0 Å². The number of morpholine rings is 1. The highest BCUT2D eigenvalue weighted by Gasteiger charge is 2.24. The van der Waals surface area contributed by atoms with Crippen molar-refractivity contribution in [3.63, 3.8) is 0 Å². The number of nitrogens with one attached hydrogen (secondary N) is 2. The lowest BCUT2D eigenvalue weighted by atomic mass is 10.2. The predicted octanol–water partition coefficient (Wildman–Crippen LogP) is -0.809. The maximum atomic E-state index is 12.3. The molecule has 8 nitrogen and oxygen atoms in total. The van der Waals surface area contributed by atoms with Crippen molar-refractivity contribution in [3.8, 4) is 5.75 Å². The Morgan fingerprint density at radius 3 is 2.67 bits per heavy atom. The molecule has 1 amide bonds. The molecule has 0 saturated carbocycles. The molecule has 1 aromatic rings. The van der Waals surface area contributed by atoms with Gasteiger partial charge in [0.2, 0.25) is 15.9 Å². The quantitative estimate of drug-likeness (QED) is 0.530. The Bertz CT molecular complexity index is 733. The van der Waals surface area contributed by atoms with Crippen LogP contribution in [0.25, 0.3) is 0 Å². The molecule has 0 unspecified atom stereocenters. The summed E-state index contributed by atoms with van der Waals surface area (Å²) in [5.74, 6) is 0.0794. The fraction of sp³-hybridized carbons (Fsp3) is 0.611. The molecular weight excluding hydrogens is 370 g/mol. The van der Waals surface area contributed by atoms with Crippen molar-refractivity contribution in [3.05, 3.63) is 23.8 Å². The fourth-order valence-electron chi connectivity index (χ4n) is 3.04. The average molecular weight is 401 g/mol. The van der Waals surface area contributed by atoms with E-state index in [9.17, 15) is 13.2 Å². The molecule has 0 radical (unpaired) electrons. The van der Waals surface area contributed by atoms with Gasteiger partial charge >= 0.3 is 0 Å². The van der Waals surface area contributed by atoms with E-state index in [-0.39, 0.29) is 12.5 Å². The maximum Gasteiger partial charge on any atom is 0.240 e. The molecule has 2 rings (SSSR count). The molecule has 0 aliphatic carbocycles. The fourth-order valence-corrected chi connectivity index (χ4v) is 3.89. The topological polar surface area (TPSA) is 89.4 Å². The Hall–Kier alpha value is -1.84. The summed E-state index contributed by atoms with van der Waals surface area (Å²) in [7, 11) is -2.16. The number of sulfonamides is 1. The first kappa shape index (κ1) is 21.5. The van der Waals surface area contributed by atoms with Crippen molar-refractivity contribution < 1.29 is 27.6 Å². The number of aryl methyl sites for hydroxylation is 1. The van der Waals surface area contributed by atoms with Gasteiger partial charge in [-0.25, -0.2) is 8.42 Å². The third-order valence-electron chi connectivity index (χ3n) is 4.52. The molecular formula is C18H30N3O5S+. The zero-order chi connectivity index (χ0) is 19.9. The molecule has 0 atom stereocenters. The van der Waals surface area contributed by atoms with Gasteiger partial charge in [-0.3, -0.25) is 9.10 Å². The summed E-state index contributed by atoms with van der Waals surface area (Å²) < 4.78 is 36.2. The highest BCUT2D eigenvalue weighted by Crippen LogP contribution is 2.30. The van der Waals surface area contributed by atoms with Gasteiger partial charge in [0.1, 0.15) is 25.4 Å². The minimum atomic E-state index is -3.64. The van der Waals surface area contributed by atoms with Gasteiger partial charge in [0, 0.05) is 13.0 Å². The second-order valence-electron chi connectivity index (χ2n) is 6.76. The number of nitrogens with zero attached hydrogens (tertiary/aromatic N) is 1. The monoisotopic (exact) mass is 400 g/mol. The molecule has 1 saturated heterocycles.